The molecular weight excluding hydrogens is 238 g/mol. The van der Waals surface area contributed by atoms with E-state index in [0.717, 1.165) is 18.0 Å². The lowest BCUT2D eigenvalue weighted by Crippen LogP contribution is -2.29. The number of nitrogens with zero attached hydrogens (tertiary/aromatic N) is 1. The maximum Gasteiger partial charge on any atom is 0.123 e. The van der Waals surface area contributed by atoms with Gasteiger partial charge in [0.25, 0.3) is 0 Å². The molecule has 0 aliphatic carbocycles. The molecule has 1 aromatic rings. The first-order chi connectivity index (χ1) is 9.38. The van der Waals surface area contributed by atoms with E-state index >= 15 is 0 Å². The van der Waals surface area contributed by atoms with Gasteiger partial charge in [0.2, 0.25) is 0 Å². The van der Waals surface area contributed by atoms with Crippen LogP contribution in [-0.4, -0.2) is 38.3 Å². The van der Waals surface area contributed by atoms with Crippen molar-refractivity contribution in [3.05, 3.63) is 36.4 Å². The highest BCUT2D eigenvalue weighted by Crippen LogP contribution is 2.18. The molecule has 0 N–H and O–H groups in total. The first kappa shape index (κ1) is 13.9. The van der Waals surface area contributed by atoms with Gasteiger partial charge >= 0.3 is 0 Å². The van der Waals surface area contributed by atoms with Crippen molar-refractivity contribution < 1.29 is 9.47 Å². The molecule has 1 saturated heterocycles. The molecule has 3 heteroatoms. The van der Waals surface area contributed by atoms with Gasteiger partial charge in [-0.15, -0.1) is 0 Å². The van der Waals surface area contributed by atoms with E-state index < -0.39 is 0 Å². The summed E-state index contributed by atoms with van der Waals surface area (Å²) in [6.07, 6.45) is 8.36. The fourth-order valence-electron chi connectivity index (χ4n) is 2.27. The Balaban J connectivity index is 1.67. The molecule has 0 radical (unpaired) electrons. The summed E-state index contributed by atoms with van der Waals surface area (Å²) in [6, 6.07) is 7.70. The van der Waals surface area contributed by atoms with Crippen LogP contribution in [0.5, 0.6) is 11.5 Å². The quantitative estimate of drug-likeness (QED) is 0.734. The Hall–Kier alpha value is -1.48. The fourth-order valence-corrected chi connectivity index (χ4v) is 2.27. The van der Waals surface area contributed by atoms with Gasteiger partial charge in [-0.3, -0.25) is 4.90 Å². The second-order valence-corrected chi connectivity index (χ2v) is 4.82. The van der Waals surface area contributed by atoms with Crippen molar-refractivity contribution in [2.45, 2.75) is 19.3 Å². The molecule has 0 saturated carbocycles. The third-order valence-corrected chi connectivity index (χ3v) is 3.37. The maximum absolute atomic E-state index is 5.65. The Morgan fingerprint density at radius 2 is 1.89 bits per heavy atom. The SMILES string of the molecule is COc1cccc(OCC=CCN2CCCCC2)c1. The van der Waals surface area contributed by atoms with Crippen LogP contribution in [0.25, 0.3) is 0 Å². The molecule has 2 rings (SSSR count). The van der Waals surface area contributed by atoms with Crippen molar-refractivity contribution >= 4 is 0 Å². The Kier molecular flexibility index (Phi) is 5.76. The van der Waals surface area contributed by atoms with Gasteiger partial charge < -0.3 is 9.47 Å². The number of piperidine rings is 1. The van der Waals surface area contributed by atoms with E-state index in [4.69, 9.17) is 9.47 Å². The van der Waals surface area contributed by atoms with E-state index in [0.29, 0.717) is 6.61 Å². The van der Waals surface area contributed by atoms with Gasteiger partial charge in [-0.05, 0) is 38.1 Å². The topological polar surface area (TPSA) is 21.7 Å². The Bertz CT molecular complexity index is 397. The highest BCUT2D eigenvalue weighted by molar-refractivity contribution is 5.32. The molecule has 3 nitrogen and oxygen atoms in total. The van der Waals surface area contributed by atoms with Gasteiger partial charge in [-0.1, -0.05) is 24.6 Å². The predicted octanol–water partition coefficient (Wildman–Crippen LogP) is 3.12. The van der Waals surface area contributed by atoms with Gasteiger partial charge in [-0.25, -0.2) is 0 Å². The second-order valence-electron chi connectivity index (χ2n) is 4.82. The minimum atomic E-state index is 0.612. The van der Waals surface area contributed by atoms with Crippen molar-refractivity contribution in [1.29, 1.82) is 0 Å². The van der Waals surface area contributed by atoms with Crippen LogP contribution in [0.2, 0.25) is 0 Å². The number of hydrogen-bond donors (Lipinski definition) is 0. The van der Waals surface area contributed by atoms with Crippen molar-refractivity contribution in [1.82, 2.24) is 4.90 Å². The zero-order valence-electron chi connectivity index (χ0n) is 11.7. The molecule has 0 bridgehead atoms. The van der Waals surface area contributed by atoms with Gasteiger partial charge in [0.15, 0.2) is 0 Å². The van der Waals surface area contributed by atoms with Gasteiger partial charge in [0.05, 0.1) is 7.11 Å². The van der Waals surface area contributed by atoms with E-state index in [1.807, 2.05) is 24.3 Å². The van der Waals surface area contributed by atoms with Crippen molar-refractivity contribution in [3.8, 4) is 11.5 Å². The van der Waals surface area contributed by atoms with Crippen LogP contribution in [-0.2, 0) is 0 Å². The lowest BCUT2D eigenvalue weighted by molar-refractivity contribution is 0.251. The molecule has 0 unspecified atom stereocenters. The molecule has 1 aromatic carbocycles. The summed E-state index contributed by atoms with van der Waals surface area (Å²) in [7, 11) is 1.66. The molecule has 19 heavy (non-hydrogen) atoms. The molecule has 0 amide bonds. The lowest BCUT2D eigenvalue weighted by atomic mass is 10.1. The largest absolute Gasteiger partial charge is 0.497 e. The maximum atomic E-state index is 5.65. The van der Waals surface area contributed by atoms with Crippen LogP contribution in [0.1, 0.15) is 19.3 Å². The number of likely N-dealkylation sites (tertiary alicyclic amines) is 1. The average molecular weight is 261 g/mol. The van der Waals surface area contributed by atoms with E-state index in [-0.39, 0.29) is 0 Å². The Morgan fingerprint density at radius 3 is 2.68 bits per heavy atom. The van der Waals surface area contributed by atoms with Crippen molar-refractivity contribution in [2.24, 2.45) is 0 Å². The number of methoxy groups -OCH3 is 1. The van der Waals surface area contributed by atoms with Crippen molar-refractivity contribution in [3.63, 3.8) is 0 Å². The summed E-state index contributed by atoms with van der Waals surface area (Å²) in [5.74, 6) is 1.68. The van der Waals surface area contributed by atoms with Crippen LogP contribution in [0.15, 0.2) is 36.4 Å². The summed E-state index contributed by atoms with van der Waals surface area (Å²) >= 11 is 0. The smallest absolute Gasteiger partial charge is 0.123 e. The zero-order chi connectivity index (χ0) is 13.3. The zero-order valence-corrected chi connectivity index (χ0v) is 11.7. The number of benzene rings is 1. The standard InChI is InChI=1S/C16H23NO2/c1-18-15-8-7-9-16(14-15)19-13-6-5-12-17-10-3-2-4-11-17/h5-9,14H,2-4,10-13H2,1H3. The van der Waals surface area contributed by atoms with Crippen LogP contribution in [0.4, 0.5) is 0 Å². The van der Waals surface area contributed by atoms with Gasteiger partial charge in [0, 0.05) is 12.6 Å². The fraction of sp³-hybridized carbons (Fsp3) is 0.500. The third kappa shape index (κ3) is 4.95. The van der Waals surface area contributed by atoms with Crippen LogP contribution in [0.3, 0.4) is 0 Å². The average Bonchev–Trinajstić information content (AvgIpc) is 2.48. The normalized spacial score (nSPS) is 16.7. The summed E-state index contributed by atoms with van der Waals surface area (Å²) in [6.45, 7) is 4.13. The van der Waals surface area contributed by atoms with E-state index in [2.05, 4.69) is 17.1 Å². The molecule has 104 valence electrons. The summed E-state index contributed by atoms with van der Waals surface area (Å²) in [5.41, 5.74) is 0. The Labute approximate surface area is 115 Å². The number of rotatable bonds is 6. The number of ether oxygens (including phenoxy) is 2. The minimum absolute atomic E-state index is 0.612. The Morgan fingerprint density at radius 1 is 1.11 bits per heavy atom. The highest BCUT2D eigenvalue weighted by Gasteiger charge is 2.07. The lowest BCUT2D eigenvalue weighted by Gasteiger charge is -2.24. The second kappa shape index (κ2) is 7.85. The molecular formula is C16H23NO2. The first-order valence-corrected chi connectivity index (χ1v) is 7.03. The van der Waals surface area contributed by atoms with Gasteiger partial charge in [-0.2, -0.15) is 0 Å². The molecule has 1 fully saturated rings. The molecule has 0 spiro atoms. The van der Waals surface area contributed by atoms with E-state index in [1.165, 1.54) is 32.4 Å². The van der Waals surface area contributed by atoms with E-state index in [9.17, 15) is 0 Å². The summed E-state index contributed by atoms with van der Waals surface area (Å²) in [5, 5.41) is 0. The van der Waals surface area contributed by atoms with Crippen LogP contribution >= 0.6 is 0 Å². The molecule has 1 aliphatic heterocycles. The van der Waals surface area contributed by atoms with Crippen LogP contribution < -0.4 is 9.47 Å². The summed E-state index contributed by atoms with van der Waals surface area (Å²) in [4.78, 5) is 2.49. The van der Waals surface area contributed by atoms with E-state index in [1.54, 1.807) is 7.11 Å². The first-order valence-electron chi connectivity index (χ1n) is 7.03. The molecule has 0 atom stereocenters. The number of hydrogen-bond acceptors (Lipinski definition) is 3. The molecule has 0 aromatic heterocycles. The van der Waals surface area contributed by atoms with Crippen molar-refractivity contribution in [2.75, 3.05) is 33.4 Å². The van der Waals surface area contributed by atoms with Gasteiger partial charge in [0.1, 0.15) is 18.1 Å². The van der Waals surface area contributed by atoms with Crippen LogP contribution in [0, 0.1) is 0 Å². The molecule has 1 heterocycles. The molecule has 1 aliphatic rings. The monoisotopic (exact) mass is 261 g/mol. The third-order valence-electron chi connectivity index (χ3n) is 3.37. The summed E-state index contributed by atoms with van der Waals surface area (Å²) < 4.78 is 10.8. The highest BCUT2D eigenvalue weighted by atomic mass is 16.5. The minimum Gasteiger partial charge on any atom is -0.497 e. The predicted molar refractivity (Wildman–Crippen MR) is 77.9 cm³/mol.